The molecule has 9 nitrogen and oxygen atoms in total. The van der Waals surface area contributed by atoms with Crippen LogP contribution in [-0.2, 0) is 9.53 Å². The van der Waals surface area contributed by atoms with E-state index in [-0.39, 0.29) is 34.7 Å². The quantitative estimate of drug-likeness (QED) is 0.621. The van der Waals surface area contributed by atoms with Gasteiger partial charge in [-0.15, -0.1) is 0 Å². The highest BCUT2D eigenvalue weighted by atomic mass is 16.5. The summed E-state index contributed by atoms with van der Waals surface area (Å²) in [5.41, 5.74) is 0.165. The normalized spacial score (nSPS) is 13.8. The summed E-state index contributed by atoms with van der Waals surface area (Å²) in [6.07, 6.45) is 6.63. The lowest BCUT2D eigenvalue weighted by atomic mass is 9.94. The summed E-state index contributed by atoms with van der Waals surface area (Å²) in [5.74, 6) is -0.932. The van der Waals surface area contributed by atoms with Gasteiger partial charge < -0.3 is 28.8 Å². The van der Waals surface area contributed by atoms with E-state index in [2.05, 4.69) is 5.32 Å². The second kappa shape index (κ2) is 10.7. The molecule has 9 heteroatoms. The monoisotopic (exact) mass is 444 g/mol. The average molecular weight is 444 g/mol. The van der Waals surface area contributed by atoms with Gasteiger partial charge in [0.2, 0.25) is 0 Å². The number of ether oxygens (including phenoxy) is 3. The molecule has 32 heavy (non-hydrogen) atoms. The van der Waals surface area contributed by atoms with Gasteiger partial charge in [0.1, 0.15) is 0 Å². The fourth-order valence-corrected chi connectivity index (χ4v) is 3.72. The standard InChI is InChI=1S/C23H28N2O7/c1-25(15-8-5-4-6-9-15)21(26)14-32-23(28)16-12-19(29-2)20(30-3)13-17(16)24-22(27)18-10-7-11-31-18/h7,10-13,15H,4-6,8-9,14H2,1-3H3,(H,24,27). The van der Waals surface area contributed by atoms with Crippen LogP contribution in [0.1, 0.15) is 53.0 Å². The van der Waals surface area contributed by atoms with Gasteiger partial charge in [-0.05, 0) is 25.0 Å². The topological polar surface area (TPSA) is 107 Å². The number of benzene rings is 1. The van der Waals surface area contributed by atoms with E-state index < -0.39 is 18.5 Å². The second-order valence-corrected chi connectivity index (χ2v) is 7.56. The van der Waals surface area contributed by atoms with Crippen LogP contribution in [-0.4, -0.2) is 56.6 Å². The van der Waals surface area contributed by atoms with Crippen molar-refractivity contribution in [2.75, 3.05) is 33.2 Å². The summed E-state index contributed by atoms with van der Waals surface area (Å²) in [7, 11) is 4.60. The Morgan fingerprint density at radius 3 is 2.41 bits per heavy atom. The molecule has 1 heterocycles. The lowest BCUT2D eigenvalue weighted by Crippen LogP contribution is -2.40. The van der Waals surface area contributed by atoms with E-state index in [1.54, 1.807) is 18.0 Å². The smallest absolute Gasteiger partial charge is 0.340 e. The zero-order chi connectivity index (χ0) is 23.1. The number of methoxy groups -OCH3 is 2. The van der Waals surface area contributed by atoms with E-state index in [9.17, 15) is 14.4 Å². The van der Waals surface area contributed by atoms with Crippen LogP contribution in [0.2, 0.25) is 0 Å². The molecule has 1 aliphatic rings. The third-order valence-electron chi connectivity index (χ3n) is 5.58. The van der Waals surface area contributed by atoms with Crippen LogP contribution >= 0.6 is 0 Å². The lowest BCUT2D eigenvalue weighted by Gasteiger charge is -2.31. The Balaban J connectivity index is 1.75. The van der Waals surface area contributed by atoms with Gasteiger partial charge >= 0.3 is 5.97 Å². The average Bonchev–Trinajstić information content (AvgIpc) is 3.37. The summed E-state index contributed by atoms with van der Waals surface area (Å²) in [6.45, 7) is -0.397. The van der Waals surface area contributed by atoms with Gasteiger partial charge in [0, 0.05) is 25.2 Å². The second-order valence-electron chi connectivity index (χ2n) is 7.56. The maximum Gasteiger partial charge on any atom is 0.340 e. The summed E-state index contributed by atoms with van der Waals surface area (Å²) >= 11 is 0. The number of hydrogen-bond donors (Lipinski definition) is 1. The van der Waals surface area contributed by atoms with Crippen LogP contribution in [0, 0.1) is 0 Å². The number of carbonyl (C=O) groups is 3. The molecule has 0 saturated heterocycles. The highest BCUT2D eigenvalue weighted by Crippen LogP contribution is 2.34. The molecule has 0 spiro atoms. The molecule has 1 fully saturated rings. The van der Waals surface area contributed by atoms with Crippen LogP contribution in [0.4, 0.5) is 5.69 Å². The summed E-state index contributed by atoms with van der Waals surface area (Å²) in [6, 6.07) is 6.08. The van der Waals surface area contributed by atoms with Gasteiger partial charge in [-0.3, -0.25) is 9.59 Å². The molecule has 0 aliphatic heterocycles. The Morgan fingerprint density at radius 2 is 1.78 bits per heavy atom. The van der Waals surface area contributed by atoms with Crippen molar-refractivity contribution in [1.82, 2.24) is 4.90 Å². The largest absolute Gasteiger partial charge is 0.493 e. The number of esters is 1. The van der Waals surface area contributed by atoms with Crippen LogP contribution < -0.4 is 14.8 Å². The zero-order valence-corrected chi connectivity index (χ0v) is 18.5. The van der Waals surface area contributed by atoms with Gasteiger partial charge in [0.15, 0.2) is 23.9 Å². The van der Waals surface area contributed by atoms with Crippen molar-refractivity contribution in [3.05, 3.63) is 41.9 Å². The zero-order valence-electron chi connectivity index (χ0n) is 18.5. The molecule has 1 N–H and O–H groups in total. The SMILES string of the molecule is COc1cc(NC(=O)c2ccco2)c(C(=O)OCC(=O)N(C)C2CCCCC2)cc1OC. The molecule has 0 atom stereocenters. The van der Waals surface area contributed by atoms with Crippen molar-refractivity contribution in [1.29, 1.82) is 0 Å². The van der Waals surface area contributed by atoms with Crippen LogP contribution in [0.5, 0.6) is 11.5 Å². The predicted molar refractivity (Wildman–Crippen MR) is 116 cm³/mol. The molecule has 1 aromatic heterocycles. The fraction of sp³-hybridized carbons (Fsp3) is 0.435. The molecule has 0 unspecified atom stereocenters. The molecule has 1 saturated carbocycles. The number of rotatable bonds is 8. The predicted octanol–water partition coefficient (Wildman–Crippen LogP) is 3.50. The van der Waals surface area contributed by atoms with Crippen LogP contribution in [0.3, 0.4) is 0 Å². The van der Waals surface area contributed by atoms with Gasteiger partial charge in [0.25, 0.3) is 11.8 Å². The Hall–Kier alpha value is -3.49. The molecule has 0 bridgehead atoms. The van der Waals surface area contributed by atoms with E-state index in [1.807, 2.05) is 0 Å². The van der Waals surface area contributed by atoms with E-state index >= 15 is 0 Å². The van der Waals surface area contributed by atoms with Gasteiger partial charge in [-0.25, -0.2) is 4.79 Å². The highest BCUT2D eigenvalue weighted by Gasteiger charge is 2.25. The first kappa shape index (κ1) is 23.2. The van der Waals surface area contributed by atoms with Crippen molar-refractivity contribution < 1.29 is 33.0 Å². The van der Waals surface area contributed by atoms with E-state index in [0.29, 0.717) is 5.75 Å². The molecular weight excluding hydrogens is 416 g/mol. The minimum atomic E-state index is -0.772. The molecule has 2 aromatic rings. The van der Waals surface area contributed by atoms with Crippen molar-refractivity contribution in [3.8, 4) is 11.5 Å². The third-order valence-corrected chi connectivity index (χ3v) is 5.58. The lowest BCUT2D eigenvalue weighted by molar-refractivity contribution is -0.135. The summed E-state index contributed by atoms with van der Waals surface area (Å²) in [5, 5.41) is 2.62. The first-order valence-electron chi connectivity index (χ1n) is 10.5. The van der Waals surface area contributed by atoms with Crippen molar-refractivity contribution in [3.63, 3.8) is 0 Å². The molecule has 172 valence electrons. The number of hydrogen-bond acceptors (Lipinski definition) is 7. The van der Waals surface area contributed by atoms with Gasteiger partial charge in [-0.2, -0.15) is 0 Å². The number of carbonyl (C=O) groups excluding carboxylic acids is 3. The maximum atomic E-state index is 12.8. The number of anilines is 1. The first-order chi connectivity index (χ1) is 15.4. The molecule has 3 rings (SSSR count). The number of amides is 2. The number of likely N-dealkylation sites (N-methyl/N-ethyl adjacent to an activating group) is 1. The molecule has 2 amide bonds. The van der Waals surface area contributed by atoms with Crippen molar-refractivity contribution in [2.24, 2.45) is 0 Å². The minimum absolute atomic E-state index is 0.0238. The Bertz CT molecular complexity index is 950. The Kier molecular flexibility index (Phi) is 7.75. The Labute approximate surface area is 186 Å². The maximum absolute atomic E-state index is 12.8. The van der Waals surface area contributed by atoms with Crippen molar-refractivity contribution in [2.45, 2.75) is 38.1 Å². The highest BCUT2D eigenvalue weighted by molar-refractivity contribution is 6.07. The first-order valence-corrected chi connectivity index (χ1v) is 10.5. The Morgan fingerprint density at radius 1 is 1.09 bits per heavy atom. The molecule has 0 radical (unpaired) electrons. The number of nitrogens with zero attached hydrogens (tertiary/aromatic N) is 1. The molecule has 1 aliphatic carbocycles. The van der Waals surface area contributed by atoms with Gasteiger partial charge in [-0.1, -0.05) is 19.3 Å². The minimum Gasteiger partial charge on any atom is -0.493 e. The van der Waals surface area contributed by atoms with E-state index in [1.165, 1.54) is 45.1 Å². The van der Waals surface area contributed by atoms with E-state index in [0.717, 1.165) is 25.7 Å². The van der Waals surface area contributed by atoms with Crippen LogP contribution in [0.25, 0.3) is 0 Å². The van der Waals surface area contributed by atoms with Crippen LogP contribution in [0.15, 0.2) is 34.9 Å². The summed E-state index contributed by atoms with van der Waals surface area (Å²) < 4.78 is 20.9. The third kappa shape index (κ3) is 5.40. The number of nitrogens with one attached hydrogen (secondary N) is 1. The van der Waals surface area contributed by atoms with E-state index in [4.69, 9.17) is 18.6 Å². The molecule has 1 aromatic carbocycles. The summed E-state index contributed by atoms with van der Waals surface area (Å²) in [4.78, 5) is 39.5. The van der Waals surface area contributed by atoms with Crippen molar-refractivity contribution >= 4 is 23.5 Å². The number of furan rings is 1. The van der Waals surface area contributed by atoms with Gasteiger partial charge in [0.05, 0.1) is 31.7 Å². The molecular formula is C23H28N2O7. The fourth-order valence-electron chi connectivity index (χ4n) is 3.72.